The molecule has 7 heteroatoms. The highest BCUT2D eigenvalue weighted by Gasteiger charge is 2.18. The smallest absolute Gasteiger partial charge is 0.319 e. The van der Waals surface area contributed by atoms with Crippen molar-refractivity contribution >= 4 is 46.5 Å². The summed E-state index contributed by atoms with van der Waals surface area (Å²) < 4.78 is 0. The highest BCUT2D eigenvalue weighted by Crippen LogP contribution is 2.24. The normalized spacial score (nSPS) is 15.0. The lowest BCUT2D eigenvalue weighted by atomic mass is 9.92. The van der Waals surface area contributed by atoms with Crippen LogP contribution < -0.4 is 16.0 Å². The van der Waals surface area contributed by atoms with Crippen LogP contribution in [-0.2, 0) is 0 Å². The van der Waals surface area contributed by atoms with Gasteiger partial charge in [0.25, 0.3) is 0 Å². The van der Waals surface area contributed by atoms with Gasteiger partial charge in [-0.3, -0.25) is 0 Å². The summed E-state index contributed by atoms with van der Waals surface area (Å²) in [5.41, 5.74) is 1.72. The second kappa shape index (κ2) is 10.4. The van der Waals surface area contributed by atoms with Crippen molar-refractivity contribution in [3.05, 3.63) is 63.1 Å². The SMILES string of the molecule is O=C(NCC(CCNC1CCC1)c1ccc(Cl)cc1)Nc1cc(Cl)cc(Cl)c1. The van der Waals surface area contributed by atoms with E-state index in [1.807, 2.05) is 24.3 Å². The van der Waals surface area contributed by atoms with Crippen molar-refractivity contribution in [1.82, 2.24) is 10.6 Å². The topological polar surface area (TPSA) is 53.2 Å². The van der Waals surface area contributed by atoms with Gasteiger partial charge >= 0.3 is 6.03 Å². The van der Waals surface area contributed by atoms with Gasteiger partial charge in [0.1, 0.15) is 0 Å². The van der Waals surface area contributed by atoms with E-state index in [-0.39, 0.29) is 11.9 Å². The van der Waals surface area contributed by atoms with Gasteiger partial charge in [-0.2, -0.15) is 0 Å². The van der Waals surface area contributed by atoms with E-state index in [2.05, 4.69) is 16.0 Å². The van der Waals surface area contributed by atoms with Crippen LogP contribution in [0, 0.1) is 0 Å². The Morgan fingerprint density at radius 3 is 2.29 bits per heavy atom. The minimum atomic E-state index is -0.288. The predicted molar refractivity (Wildman–Crippen MR) is 118 cm³/mol. The molecule has 1 aliphatic carbocycles. The Bertz CT molecular complexity index is 774. The number of carbonyl (C=O) groups is 1. The van der Waals surface area contributed by atoms with Crippen molar-refractivity contribution in [3.63, 3.8) is 0 Å². The van der Waals surface area contributed by atoms with Crippen LogP contribution in [0.3, 0.4) is 0 Å². The molecule has 28 heavy (non-hydrogen) atoms. The van der Waals surface area contributed by atoms with Crippen molar-refractivity contribution in [3.8, 4) is 0 Å². The molecule has 0 aromatic heterocycles. The van der Waals surface area contributed by atoms with Gasteiger partial charge in [0.15, 0.2) is 0 Å². The Balaban J connectivity index is 1.56. The molecule has 1 fully saturated rings. The molecule has 0 heterocycles. The van der Waals surface area contributed by atoms with Crippen molar-refractivity contribution in [2.75, 3.05) is 18.4 Å². The highest BCUT2D eigenvalue weighted by atomic mass is 35.5. The minimum absolute atomic E-state index is 0.193. The molecule has 1 saturated carbocycles. The number of anilines is 1. The minimum Gasteiger partial charge on any atom is -0.337 e. The Morgan fingerprint density at radius 1 is 1.00 bits per heavy atom. The van der Waals surface area contributed by atoms with E-state index in [9.17, 15) is 4.79 Å². The number of hydrogen-bond donors (Lipinski definition) is 3. The maximum atomic E-state index is 12.3. The van der Waals surface area contributed by atoms with Gasteiger partial charge in [0, 0.05) is 39.3 Å². The van der Waals surface area contributed by atoms with Gasteiger partial charge < -0.3 is 16.0 Å². The first-order chi connectivity index (χ1) is 13.5. The second-order valence-electron chi connectivity index (χ2n) is 7.11. The molecule has 150 valence electrons. The summed E-state index contributed by atoms with van der Waals surface area (Å²) in [6.45, 7) is 1.44. The molecule has 3 N–H and O–H groups in total. The highest BCUT2D eigenvalue weighted by molar-refractivity contribution is 6.35. The molecule has 0 radical (unpaired) electrons. The largest absolute Gasteiger partial charge is 0.337 e. The number of hydrogen-bond acceptors (Lipinski definition) is 2. The van der Waals surface area contributed by atoms with Crippen LogP contribution in [0.5, 0.6) is 0 Å². The summed E-state index contributed by atoms with van der Waals surface area (Å²) in [6.07, 6.45) is 4.76. The summed E-state index contributed by atoms with van der Waals surface area (Å²) >= 11 is 18.0. The zero-order chi connectivity index (χ0) is 19.9. The zero-order valence-corrected chi connectivity index (χ0v) is 17.7. The Morgan fingerprint density at radius 2 is 1.68 bits per heavy atom. The third-order valence-electron chi connectivity index (χ3n) is 5.00. The third kappa shape index (κ3) is 6.56. The number of amides is 2. The number of carbonyl (C=O) groups excluding carboxylic acids is 1. The molecule has 2 aromatic rings. The maximum absolute atomic E-state index is 12.3. The lowest BCUT2D eigenvalue weighted by molar-refractivity contribution is 0.251. The summed E-state index contributed by atoms with van der Waals surface area (Å²) in [7, 11) is 0. The fraction of sp³-hybridized carbons (Fsp3) is 0.381. The summed E-state index contributed by atoms with van der Waals surface area (Å²) in [6, 6.07) is 13.1. The van der Waals surface area contributed by atoms with Crippen molar-refractivity contribution in [2.24, 2.45) is 0 Å². The third-order valence-corrected chi connectivity index (χ3v) is 5.69. The number of nitrogens with one attached hydrogen (secondary N) is 3. The Hall–Kier alpha value is -1.46. The van der Waals surface area contributed by atoms with Gasteiger partial charge in [-0.15, -0.1) is 0 Å². The standard InChI is InChI=1S/C21H24Cl3N3O/c22-16-6-4-14(5-7-16)15(8-9-25-19-2-1-3-19)13-26-21(28)27-20-11-17(23)10-18(24)12-20/h4-7,10-12,15,19,25H,1-3,8-9,13H2,(H2,26,27,28). The van der Waals surface area contributed by atoms with Gasteiger partial charge in [-0.1, -0.05) is 53.4 Å². The van der Waals surface area contributed by atoms with Gasteiger partial charge in [-0.25, -0.2) is 4.79 Å². The molecular formula is C21H24Cl3N3O. The van der Waals surface area contributed by atoms with Crippen LogP contribution in [0.25, 0.3) is 0 Å². The molecule has 0 aliphatic heterocycles. The van der Waals surface area contributed by atoms with Crippen LogP contribution in [0.1, 0.15) is 37.2 Å². The van der Waals surface area contributed by atoms with Crippen molar-refractivity contribution in [1.29, 1.82) is 0 Å². The number of benzene rings is 2. The quantitative estimate of drug-likeness (QED) is 0.465. The van der Waals surface area contributed by atoms with E-state index in [1.165, 1.54) is 19.3 Å². The number of rotatable bonds is 8. The molecule has 0 saturated heterocycles. The monoisotopic (exact) mass is 439 g/mol. The van der Waals surface area contributed by atoms with Crippen molar-refractivity contribution < 1.29 is 4.79 Å². The molecule has 2 amide bonds. The summed E-state index contributed by atoms with van der Waals surface area (Å²) in [4.78, 5) is 12.3. The first-order valence-electron chi connectivity index (χ1n) is 9.49. The molecule has 3 rings (SSSR count). The van der Waals surface area contributed by atoms with Gasteiger partial charge in [0.05, 0.1) is 0 Å². The molecule has 1 unspecified atom stereocenters. The molecular weight excluding hydrogens is 417 g/mol. The van der Waals surface area contributed by atoms with Crippen LogP contribution >= 0.6 is 34.8 Å². The predicted octanol–water partition coefficient (Wildman–Crippen LogP) is 6.08. The van der Waals surface area contributed by atoms with E-state index in [1.54, 1.807) is 18.2 Å². The molecule has 2 aromatic carbocycles. The van der Waals surface area contributed by atoms with Crippen LogP contribution in [0.4, 0.5) is 10.5 Å². The van der Waals surface area contributed by atoms with Crippen LogP contribution in [-0.4, -0.2) is 25.2 Å². The fourth-order valence-corrected chi connectivity index (χ4v) is 3.86. The lowest BCUT2D eigenvalue weighted by Gasteiger charge is -2.27. The van der Waals surface area contributed by atoms with Gasteiger partial charge in [0.2, 0.25) is 0 Å². The van der Waals surface area contributed by atoms with E-state index < -0.39 is 0 Å². The zero-order valence-electron chi connectivity index (χ0n) is 15.5. The first kappa shape index (κ1) is 21.3. The molecule has 1 atom stereocenters. The Labute approximate surface area is 180 Å². The maximum Gasteiger partial charge on any atom is 0.319 e. The second-order valence-corrected chi connectivity index (χ2v) is 8.42. The number of urea groups is 1. The fourth-order valence-electron chi connectivity index (χ4n) is 3.21. The van der Waals surface area contributed by atoms with Gasteiger partial charge in [-0.05, 0) is 61.7 Å². The van der Waals surface area contributed by atoms with Crippen molar-refractivity contribution in [2.45, 2.75) is 37.6 Å². The van der Waals surface area contributed by atoms with E-state index in [4.69, 9.17) is 34.8 Å². The first-order valence-corrected chi connectivity index (χ1v) is 10.6. The number of halogens is 3. The molecule has 0 spiro atoms. The molecule has 1 aliphatic rings. The average molecular weight is 441 g/mol. The van der Waals surface area contributed by atoms with E-state index in [0.717, 1.165) is 18.5 Å². The summed E-state index contributed by atoms with van der Waals surface area (Å²) in [5.74, 6) is 0.193. The summed E-state index contributed by atoms with van der Waals surface area (Å²) in [5, 5.41) is 11.0. The van der Waals surface area contributed by atoms with E-state index >= 15 is 0 Å². The molecule has 0 bridgehead atoms. The van der Waals surface area contributed by atoms with E-state index in [0.29, 0.717) is 33.3 Å². The average Bonchev–Trinajstić information content (AvgIpc) is 2.59. The Kier molecular flexibility index (Phi) is 7.86. The van der Waals surface area contributed by atoms with Crippen LogP contribution in [0.2, 0.25) is 15.1 Å². The van der Waals surface area contributed by atoms with Crippen LogP contribution in [0.15, 0.2) is 42.5 Å². The lowest BCUT2D eigenvalue weighted by Crippen LogP contribution is -2.37. The molecule has 4 nitrogen and oxygen atoms in total.